The molecule has 0 aliphatic rings. The quantitative estimate of drug-likeness (QED) is 0.0895. The molecule has 0 radical (unpaired) electrons. The van der Waals surface area contributed by atoms with Gasteiger partial charge < -0.3 is 0 Å². The Labute approximate surface area is 222 Å². The van der Waals surface area contributed by atoms with Gasteiger partial charge >= 0.3 is 33.9 Å². The second-order valence-corrected chi connectivity index (χ2v) is 45.4. The summed E-state index contributed by atoms with van der Waals surface area (Å²) in [7, 11) is -2.73. The van der Waals surface area contributed by atoms with Crippen molar-refractivity contribution in [2.75, 3.05) is 37.0 Å². The molecule has 0 saturated heterocycles. The van der Waals surface area contributed by atoms with Gasteiger partial charge in [0, 0.05) is 21.1 Å². The molecule has 0 rings (SSSR count). The van der Waals surface area contributed by atoms with Crippen LogP contribution >= 0.6 is 22.4 Å². The van der Waals surface area contributed by atoms with Crippen molar-refractivity contribution in [1.29, 1.82) is 0 Å². The number of hydrogen-bond acceptors (Lipinski definition) is 0. The third kappa shape index (κ3) is 12.2. The average molecular weight is 635 g/mol. The monoisotopic (exact) mass is 636 g/mol. The van der Waals surface area contributed by atoms with Gasteiger partial charge in [-0.2, -0.15) is 0 Å². The van der Waals surface area contributed by atoms with Crippen LogP contribution in [0.3, 0.4) is 0 Å². The maximum absolute atomic E-state index is 7.50. The molecule has 0 atom stereocenters. The molecule has 0 aromatic heterocycles. The first-order valence-electron chi connectivity index (χ1n) is 11.3. The third-order valence-corrected chi connectivity index (χ3v) is 60.6. The van der Waals surface area contributed by atoms with Gasteiger partial charge in [-0.25, -0.2) is 0 Å². The summed E-state index contributed by atoms with van der Waals surface area (Å²) < 4.78 is 22.5. The Morgan fingerprint density at radius 1 is 0.469 bits per heavy atom. The molecule has 0 heterocycles. The van der Waals surface area contributed by atoms with E-state index in [0.29, 0.717) is 22.4 Å². The summed E-state index contributed by atoms with van der Waals surface area (Å²) >= 11 is 0. The molecule has 32 heavy (non-hydrogen) atoms. The van der Waals surface area contributed by atoms with E-state index in [2.05, 4.69) is 101 Å². The standard InChI is InChI=1S/C19H49P3Si3.3CO.Mo/c1-13-20(14-2)23(7,8)19(24(9,10)21(15-3)16-4)25(11,12)22(17-5)18-6;3*1-2;/h19H,13-18H2,1-12H3;;;;. The Morgan fingerprint density at radius 2 is 0.594 bits per heavy atom. The van der Waals surface area contributed by atoms with Crippen LogP contribution < -0.4 is 0 Å². The zero-order valence-corrected chi connectivity index (χ0v) is 30.5. The van der Waals surface area contributed by atoms with E-state index in [1.807, 2.05) is 0 Å². The van der Waals surface area contributed by atoms with Crippen LogP contribution in [0.5, 0.6) is 0 Å². The van der Waals surface area contributed by atoms with Gasteiger partial charge in [-0.3, -0.25) is 0 Å². The van der Waals surface area contributed by atoms with E-state index in [-0.39, 0.29) is 21.1 Å². The summed E-state index contributed by atoms with van der Waals surface area (Å²) in [6.45, 7) is 45.7. The average Bonchev–Trinajstić information content (AvgIpc) is 2.73. The first kappa shape index (κ1) is 43.9. The minimum absolute atomic E-state index is 0. The molecule has 0 fully saturated rings. The van der Waals surface area contributed by atoms with Gasteiger partial charge in [0.25, 0.3) is 0 Å². The second-order valence-electron chi connectivity index (χ2n) is 8.91. The number of rotatable bonds is 12. The van der Waals surface area contributed by atoms with Crippen molar-refractivity contribution >= 4 is 45.6 Å². The van der Waals surface area contributed by atoms with Crippen LogP contribution in [0.2, 0.25) is 44.1 Å². The van der Waals surface area contributed by atoms with E-state index in [9.17, 15) is 0 Å². The van der Waals surface area contributed by atoms with E-state index in [4.69, 9.17) is 14.0 Å². The maximum atomic E-state index is 7.50. The van der Waals surface area contributed by atoms with Gasteiger partial charge in [-0.15, -0.1) is 22.4 Å². The van der Waals surface area contributed by atoms with Crippen LogP contribution in [0, 0.1) is 20.0 Å². The van der Waals surface area contributed by atoms with Crippen molar-refractivity contribution in [3.05, 3.63) is 20.0 Å². The summed E-state index contributed by atoms with van der Waals surface area (Å²) in [4.78, 5) is 1.23. The Hall–Kier alpha value is 1.85. The molecule has 0 aromatic carbocycles. The van der Waals surface area contributed by atoms with Crippen molar-refractivity contribution in [2.24, 2.45) is 0 Å². The fourth-order valence-corrected chi connectivity index (χ4v) is 82.3. The molecule has 10 heteroatoms. The normalized spacial score (nSPS) is 11.4. The first-order chi connectivity index (χ1) is 14.4. The van der Waals surface area contributed by atoms with Crippen molar-refractivity contribution in [3.63, 3.8) is 0 Å². The largest absolute Gasteiger partial charge is 0 e. The molecule has 188 valence electrons. The zero-order chi connectivity index (χ0) is 26.1. The molecule has 3 nitrogen and oxygen atoms in total. The molecular formula is C22H49MoO3P3Si3. The van der Waals surface area contributed by atoms with Gasteiger partial charge in [0.15, 0.2) is 0 Å². The summed E-state index contributed by atoms with van der Waals surface area (Å²) in [5.74, 6) is 0. The van der Waals surface area contributed by atoms with Gasteiger partial charge in [-0.05, 0) is 41.8 Å². The van der Waals surface area contributed by atoms with Crippen LogP contribution in [0.1, 0.15) is 41.5 Å². The van der Waals surface area contributed by atoms with Gasteiger partial charge in [0.2, 0.25) is 0 Å². The molecule has 0 N–H and O–H groups in total. The fourth-order valence-electron chi connectivity index (χ4n) is 6.26. The minimum Gasteiger partial charge on any atom is 0 e. The van der Waals surface area contributed by atoms with Crippen LogP contribution in [-0.4, -0.2) is 60.2 Å². The molecule has 0 aromatic rings. The maximum Gasteiger partial charge on any atom is 0 e. The van der Waals surface area contributed by atoms with Crippen LogP contribution in [0.4, 0.5) is 0 Å². The Balaban J connectivity index is -0.000000318. The van der Waals surface area contributed by atoms with E-state index >= 15 is 0 Å². The van der Waals surface area contributed by atoms with E-state index in [0.717, 1.165) is 0 Å². The molecule has 0 bridgehead atoms. The molecule has 0 spiro atoms. The molecule has 0 saturated carbocycles. The third-order valence-electron chi connectivity index (χ3n) is 6.85. The van der Waals surface area contributed by atoms with Gasteiger partial charge in [-0.1, -0.05) is 80.8 Å². The summed E-state index contributed by atoms with van der Waals surface area (Å²) in [5, 5.41) is 0. The van der Waals surface area contributed by atoms with Gasteiger partial charge in [0.05, 0.1) is 23.2 Å². The van der Waals surface area contributed by atoms with Crippen molar-refractivity contribution < 1.29 is 35.0 Å². The minimum atomic E-state index is -1.20. The van der Waals surface area contributed by atoms with Crippen LogP contribution in [0.25, 0.3) is 0 Å². The van der Waals surface area contributed by atoms with E-state index in [1.165, 1.54) is 41.8 Å². The molecule has 0 aliphatic carbocycles. The Bertz CT molecular complexity index is 432. The van der Waals surface area contributed by atoms with Crippen molar-refractivity contribution in [3.8, 4) is 0 Å². The molecule has 0 amide bonds. The topological polar surface area (TPSA) is 59.7 Å². The van der Waals surface area contributed by atoms with Crippen LogP contribution in [-0.2, 0) is 35.0 Å². The predicted molar refractivity (Wildman–Crippen MR) is 152 cm³/mol. The molecular weight excluding hydrogens is 585 g/mol. The summed E-state index contributed by atoms with van der Waals surface area (Å²) in [5.41, 5.74) is 0. The SMILES string of the molecule is CCP(CC)[Si](C)(C)C([Si](C)(C)P(CC)CC)[Si](C)(C)P(CC)CC.[C-]#[O+].[C-]#[O+].[C-]#[O+].[Mo]. The van der Waals surface area contributed by atoms with Crippen molar-refractivity contribution in [1.82, 2.24) is 0 Å². The van der Waals surface area contributed by atoms with Crippen molar-refractivity contribution in [2.45, 2.75) is 85.6 Å². The zero-order valence-electron chi connectivity index (χ0n) is 22.8. The second kappa shape index (κ2) is 23.3. The summed E-state index contributed by atoms with van der Waals surface area (Å²) in [6, 6.07) is 0. The number of hydrogen-bond donors (Lipinski definition) is 0. The molecule has 0 unspecified atom stereocenters. The van der Waals surface area contributed by atoms with E-state index in [1.54, 1.807) is 0 Å². The smallest absolute Gasteiger partial charge is 0 e. The van der Waals surface area contributed by atoms with E-state index < -0.39 is 23.2 Å². The van der Waals surface area contributed by atoms with Crippen LogP contribution in [0.15, 0.2) is 0 Å². The molecule has 0 aliphatic heterocycles. The van der Waals surface area contributed by atoms with Gasteiger partial charge in [0.1, 0.15) is 0 Å². The Morgan fingerprint density at radius 3 is 0.688 bits per heavy atom. The first-order valence-corrected chi connectivity index (χ1v) is 28.2. The summed E-state index contributed by atoms with van der Waals surface area (Å²) in [6.07, 6.45) is 8.93. The fraction of sp³-hybridized carbons (Fsp3) is 0.864. The predicted octanol–water partition coefficient (Wildman–Crippen LogP) is 8.50. The Kier molecular flexibility index (Phi) is 31.9.